The zero-order valence-corrected chi connectivity index (χ0v) is 14.4. The maximum absolute atomic E-state index is 13.2. The summed E-state index contributed by atoms with van der Waals surface area (Å²) in [5, 5.41) is 0. The summed E-state index contributed by atoms with van der Waals surface area (Å²) >= 11 is 0. The molecule has 1 nitrogen and oxygen atoms in total. The first kappa shape index (κ1) is 19.4. The van der Waals surface area contributed by atoms with Crippen LogP contribution in [0, 0.1) is 5.82 Å². The Labute approximate surface area is 153 Å². The molecule has 0 unspecified atom stereocenters. The Bertz CT molecular complexity index is 384. The van der Waals surface area contributed by atoms with Crippen LogP contribution in [0.3, 0.4) is 0 Å². The molecule has 0 aliphatic carbocycles. The third-order valence-corrected chi connectivity index (χ3v) is 2.59. The van der Waals surface area contributed by atoms with Crippen LogP contribution in [0.2, 0.25) is 0 Å². The summed E-state index contributed by atoms with van der Waals surface area (Å²) < 4.78 is 55.5. The largest absolute Gasteiger partial charge is 1.00 e. The third kappa shape index (κ3) is 7.13. The predicted molar refractivity (Wildman–Crippen MR) is 64.7 cm³/mol. The van der Waals surface area contributed by atoms with Gasteiger partial charge in [0, 0.05) is 6.07 Å². The molecule has 0 atom stereocenters. The van der Waals surface area contributed by atoms with Gasteiger partial charge in [0.25, 0.3) is 0 Å². The predicted octanol–water partition coefficient (Wildman–Crippen LogP) is 0.843. The number of hydrogen-bond acceptors (Lipinski definition) is 1. The van der Waals surface area contributed by atoms with Crippen molar-refractivity contribution in [2.45, 2.75) is 32.6 Å². The van der Waals surface area contributed by atoms with Crippen LogP contribution in [-0.4, -0.2) is 13.6 Å². The fourth-order valence-electron chi connectivity index (χ4n) is 1.58. The van der Waals surface area contributed by atoms with Gasteiger partial charge in [-0.1, -0.05) is 37.7 Å². The minimum Gasteiger partial charge on any atom is -0.493 e. The second kappa shape index (κ2) is 9.39. The summed E-state index contributed by atoms with van der Waals surface area (Å²) in [6, 6.07) is 2.69. The SMILES string of the molecule is CCCCCCOc1ccc([B-](F)(F)F)c(F)c1.[K+]. The van der Waals surface area contributed by atoms with E-state index in [-0.39, 0.29) is 57.1 Å². The van der Waals surface area contributed by atoms with Gasteiger partial charge in [-0.3, -0.25) is 0 Å². The molecule has 0 saturated heterocycles. The van der Waals surface area contributed by atoms with E-state index in [9.17, 15) is 17.3 Å². The molecule has 19 heavy (non-hydrogen) atoms. The molecule has 0 aliphatic rings. The average molecular weight is 302 g/mol. The van der Waals surface area contributed by atoms with Gasteiger partial charge in [0.05, 0.1) is 12.4 Å². The fraction of sp³-hybridized carbons (Fsp3) is 0.500. The Balaban J connectivity index is 0.00000324. The van der Waals surface area contributed by atoms with Crippen molar-refractivity contribution in [1.82, 2.24) is 0 Å². The van der Waals surface area contributed by atoms with Crippen LogP contribution in [0.15, 0.2) is 18.2 Å². The maximum Gasteiger partial charge on any atom is 1.00 e. The summed E-state index contributed by atoms with van der Waals surface area (Å²) in [5.41, 5.74) is -1.20. The monoisotopic (exact) mass is 302 g/mol. The van der Waals surface area contributed by atoms with Crippen molar-refractivity contribution in [2.75, 3.05) is 6.61 Å². The molecule has 0 amide bonds. The van der Waals surface area contributed by atoms with Crippen molar-refractivity contribution in [3.8, 4) is 5.75 Å². The van der Waals surface area contributed by atoms with Crippen molar-refractivity contribution in [1.29, 1.82) is 0 Å². The number of benzene rings is 1. The Morgan fingerprint density at radius 3 is 2.32 bits per heavy atom. The van der Waals surface area contributed by atoms with Gasteiger partial charge in [0.15, 0.2) is 0 Å². The van der Waals surface area contributed by atoms with Crippen LogP contribution >= 0.6 is 0 Å². The van der Waals surface area contributed by atoms with Gasteiger partial charge in [0.2, 0.25) is 0 Å². The maximum atomic E-state index is 13.2. The van der Waals surface area contributed by atoms with Gasteiger partial charge in [-0.15, -0.1) is 0 Å². The Morgan fingerprint density at radius 2 is 1.79 bits per heavy atom. The van der Waals surface area contributed by atoms with Crippen LogP contribution in [-0.2, 0) is 0 Å². The first-order valence-electron chi connectivity index (χ1n) is 6.07. The summed E-state index contributed by atoms with van der Waals surface area (Å²) in [6.07, 6.45) is 4.01. The summed E-state index contributed by atoms with van der Waals surface area (Å²) in [4.78, 5) is 0. The summed E-state index contributed by atoms with van der Waals surface area (Å²) in [5.74, 6) is -1.12. The molecule has 1 aromatic carbocycles. The van der Waals surface area contributed by atoms with Crippen LogP contribution < -0.4 is 61.6 Å². The topological polar surface area (TPSA) is 9.23 Å². The van der Waals surface area contributed by atoms with E-state index in [0.717, 1.165) is 43.9 Å². The first-order valence-corrected chi connectivity index (χ1v) is 6.07. The second-order valence-corrected chi connectivity index (χ2v) is 4.17. The fourth-order valence-corrected chi connectivity index (χ4v) is 1.58. The minimum absolute atomic E-state index is 0. The molecule has 0 aromatic heterocycles. The minimum atomic E-state index is -5.30. The zero-order valence-electron chi connectivity index (χ0n) is 11.3. The van der Waals surface area contributed by atoms with Crippen LogP contribution in [0.1, 0.15) is 32.6 Å². The van der Waals surface area contributed by atoms with E-state index >= 15 is 0 Å². The summed E-state index contributed by atoms with van der Waals surface area (Å²) in [7, 11) is 0. The normalized spacial score (nSPS) is 11.0. The molecular weight excluding hydrogens is 286 g/mol. The summed E-state index contributed by atoms with van der Waals surface area (Å²) in [6.45, 7) is -2.82. The van der Waals surface area contributed by atoms with Crippen molar-refractivity contribution in [2.24, 2.45) is 0 Å². The van der Waals surface area contributed by atoms with Crippen LogP contribution in [0.4, 0.5) is 17.3 Å². The van der Waals surface area contributed by atoms with E-state index in [4.69, 9.17) is 4.74 Å². The molecule has 102 valence electrons. The zero-order chi connectivity index (χ0) is 13.6. The van der Waals surface area contributed by atoms with E-state index < -0.39 is 18.3 Å². The number of ether oxygens (including phenoxy) is 1. The molecule has 0 aliphatic heterocycles. The van der Waals surface area contributed by atoms with Gasteiger partial charge in [-0.2, -0.15) is 0 Å². The molecule has 0 fully saturated rings. The second-order valence-electron chi connectivity index (χ2n) is 4.17. The molecule has 0 N–H and O–H groups in total. The number of halogens is 4. The van der Waals surface area contributed by atoms with Gasteiger partial charge in [-0.05, 0) is 12.5 Å². The van der Waals surface area contributed by atoms with Gasteiger partial charge < -0.3 is 17.7 Å². The number of hydrogen-bond donors (Lipinski definition) is 0. The molecule has 0 saturated carbocycles. The smallest absolute Gasteiger partial charge is 0.493 e. The number of unbranched alkanes of at least 4 members (excludes halogenated alkanes) is 3. The van der Waals surface area contributed by atoms with Crippen molar-refractivity contribution in [3.05, 3.63) is 24.0 Å². The van der Waals surface area contributed by atoms with E-state index in [0.29, 0.717) is 6.61 Å². The molecular formula is C12H16BF4KO. The van der Waals surface area contributed by atoms with Crippen LogP contribution in [0.25, 0.3) is 0 Å². The Hall–Kier alpha value is 0.441. The van der Waals surface area contributed by atoms with Gasteiger partial charge in [0.1, 0.15) is 5.75 Å². The molecule has 0 radical (unpaired) electrons. The third-order valence-electron chi connectivity index (χ3n) is 2.59. The van der Waals surface area contributed by atoms with E-state index in [1.807, 2.05) is 0 Å². The van der Waals surface area contributed by atoms with Crippen molar-refractivity contribution >= 4 is 12.4 Å². The molecule has 1 aromatic rings. The first-order chi connectivity index (χ1) is 8.45. The Morgan fingerprint density at radius 1 is 1.11 bits per heavy atom. The molecule has 0 heterocycles. The van der Waals surface area contributed by atoms with Gasteiger partial charge in [-0.25, -0.2) is 4.39 Å². The van der Waals surface area contributed by atoms with E-state index in [1.165, 1.54) is 0 Å². The molecule has 1 rings (SSSR count). The average Bonchev–Trinajstić information content (AvgIpc) is 2.27. The molecule has 0 bridgehead atoms. The van der Waals surface area contributed by atoms with Crippen molar-refractivity contribution in [3.63, 3.8) is 0 Å². The molecule has 0 spiro atoms. The number of rotatable bonds is 7. The molecule has 7 heteroatoms. The van der Waals surface area contributed by atoms with Gasteiger partial charge >= 0.3 is 58.4 Å². The van der Waals surface area contributed by atoms with E-state index in [2.05, 4.69) is 6.92 Å². The van der Waals surface area contributed by atoms with Crippen molar-refractivity contribution < 1.29 is 73.5 Å². The van der Waals surface area contributed by atoms with Crippen LogP contribution in [0.5, 0.6) is 5.75 Å². The Kier molecular flexibility index (Phi) is 9.61. The van der Waals surface area contributed by atoms with E-state index in [1.54, 1.807) is 0 Å². The quantitative estimate of drug-likeness (QED) is 0.412. The standard InChI is InChI=1S/C12H16BF4O.K/c1-2-3-4-5-8-18-10-6-7-11(12(14)9-10)13(15,16)17;/h6-7,9H,2-5,8H2,1H3;/q-1;+1.